The van der Waals surface area contributed by atoms with Crippen LogP contribution in [0.3, 0.4) is 0 Å². The summed E-state index contributed by atoms with van der Waals surface area (Å²) in [7, 11) is 0. The molecule has 0 amide bonds. The van der Waals surface area contributed by atoms with Crippen LogP contribution >= 0.6 is 0 Å². The molecular formula is C18H14N2. The quantitative estimate of drug-likeness (QED) is 0.527. The first-order chi connectivity index (χ1) is 9.83. The monoisotopic (exact) mass is 258 g/mol. The number of H-pyrrole nitrogens is 1. The lowest BCUT2D eigenvalue weighted by atomic mass is 9.98. The van der Waals surface area contributed by atoms with E-state index in [1.807, 2.05) is 6.92 Å². The number of aryl methyl sites for hydroxylation is 1. The van der Waals surface area contributed by atoms with Gasteiger partial charge in [0.05, 0.1) is 0 Å². The van der Waals surface area contributed by atoms with Crippen LogP contribution in [0.2, 0.25) is 0 Å². The van der Waals surface area contributed by atoms with Gasteiger partial charge in [0.15, 0.2) is 0 Å². The fourth-order valence-corrected chi connectivity index (χ4v) is 2.79. The average molecular weight is 258 g/mol. The zero-order chi connectivity index (χ0) is 13.5. The van der Waals surface area contributed by atoms with E-state index in [0.717, 1.165) is 11.3 Å². The van der Waals surface area contributed by atoms with E-state index in [-0.39, 0.29) is 0 Å². The minimum Gasteiger partial charge on any atom is -0.346 e. The van der Waals surface area contributed by atoms with Crippen LogP contribution in [0.1, 0.15) is 5.69 Å². The normalized spacial score (nSPS) is 11.2. The van der Waals surface area contributed by atoms with Crippen molar-refractivity contribution in [2.24, 2.45) is 0 Å². The summed E-state index contributed by atoms with van der Waals surface area (Å²) in [4.78, 5) is 7.83. The SMILES string of the molecule is Cc1ccc2c(-c3cccc4ccccc34)c[nH]c2n1. The summed E-state index contributed by atoms with van der Waals surface area (Å²) in [6, 6.07) is 19.1. The van der Waals surface area contributed by atoms with Crippen molar-refractivity contribution >= 4 is 21.8 Å². The maximum atomic E-state index is 4.55. The second kappa shape index (κ2) is 4.20. The molecule has 4 rings (SSSR count). The number of aromatic amines is 1. The van der Waals surface area contributed by atoms with Gasteiger partial charge in [-0.2, -0.15) is 0 Å². The maximum Gasteiger partial charge on any atom is 0.138 e. The zero-order valence-corrected chi connectivity index (χ0v) is 11.2. The van der Waals surface area contributed by atoms with Gasteiger partial charge in [0.25, 0.3) is 0 Å². The molecule has 0 aliphatic carbocycles. The lowest BCUT2D eigenvalue weighted by Crippen LogP contribution is -1.82. The Bertz CT molecular complexity index is 914. The number of fused-ring (bicyclic) bond motifs is 2. The van der Waals surface area contributed by atoms with Gasteiger partial charge in [-0.3, -0.25) is 0 Å². The smallest absolute Gasteiger partial charge is 0.138 e. The molecule has 0 unspecified atom stereocenters. The molecule has 0 bridgehead atoms. The van der Waals surface area contributed by atoms with Crippen molar-refractivity contribution in [2.45, 2.75) is 6.92 Å². The number of nitrogens with zero attached hydrogens (tertiary/aromatic N) is 1. The van der Waals surface area contributed by atoms with Crippen LogP contribution < -0.4 is 0 Å². The summed E-state index contributed by atoms with van der Waals surface area (Å²) in [5, 5.41) is 3.71. The Labute approximate surface area is 117 Å². The summed E-state index contributed by atoms with van der Waals surface area (Å²) in [5.74, 6) is 0. The summed E-state index contributed by atoms with van der Waals surface area (Å²) in [5.41, 5.74) is 4.45. The van der Waals surface area contributed by atoms with E-state index in [4.69, 9.17) is 0 Å². The van der Waals surface area contributed by atoms with E-state index in [2.05, 4.69) is 70.8 Å². The minimum absolute atomic E-state index is 0.952. The summed E-state index contributed by atoms with van der Waals surface area (Å²) >= 11 is 0. The second-order valence-electron chi connectivity index (χ2n) is 5.08. The van der Waals surface area contributed by atoms with Gasteiger partial charge in [-0.25, -0.2) is 4.98 Å². The van der Waals surface area contributed by atoms with Gasteiger partial charge in [-0.05, 0) is 35.4 Å². The molecule has 2 aromatic carbocycles. The van der Waals surface area contributed by atoms with E-state index in [1.54, 1.807) is 0 Å². The number of pyridine rings is 1. The third-order valence-corrected chi connectivity index (χ3v) is 3.76. The highest BCUT2D eigenvalue weighted by atomic mass is 14.8. The van der Waals surface area contributed by atoms with Gasteiger partial charge in [-0.15, -0.1) is 0 Å². The van der Waals surface area contributed by atoms with E-state index < -0.39 is 0 Å². The van der Waals surface area contributed by atoms with E-state index in [0.29, 0.717) is 0 Å². The number of hydrogen-bond donors (Lipinski definition) is 1. The molecule has 20 heavy (non-hydrogen) atoms. The number of hydrogen-bond acceptors (Lipinski definition) is 1. The van der Waals surface area contributed by atoms with Gasteiger partial charge < -0.3 is 4.98 Å². The summed E-state index contributed by atoms with van der Waals surface area (Å²) in [6.45, 7) is 2.01. The van der Waals surface area contributed by atoms with Crippen LogP contribution in [0.25, 0.3) is 32.9 Å². The standard InChI is InChI=1S/C18H14N2/c1-12-9-10-16-17(11-19-18(16)20-12)15-8-4-6-13-5-2-3-7-14(13)15/h2-11H,1H3,(H,19,20). The molecule has 2 nitrogen and oxygen atoms in total. The van der Waals surface area contributed by atoms with Gasteiger partial charge in [0.2, 0.25) is 0 Å². The predicted octanol–water partition coefficient (Wildman–Crippen LogP) is 4.69. The topological polar surface area (TPSA) is 28.7 Å². The third kappa shape index (κ3) is 1.62. The fourth-order valence-electron chi connectivity index (χ4n) is 2.79. The number of rotatable bonds is 1. The molecular weight excluding hydrogens is 244 g/mol. The third-order valence-electron chi connectivity index (χ3n) is 3.76. The predicted molar refractivity (Wildman–Crippen MR) is 83.8 cm³/mol. The van der Waals surface area contributed by atoms with Crippen molar-refractivity contribution in [1.29, 1.82) is 0 Å². The van der Waals surface area contributed by atoms with Crippen LogP contribution in [0.15, 0.2) is 60.8 Å². The highest BCUT2D eigenvalue weighted by Gasteiger charge is 2.09. The lowest BCUT2D eigenvalue weighted by molar-refractivity contribution is 1.22. The van der Waals surface area contributed by atoms with Gasteiger partial charge in [0, 0.05) is 22.8 Å². The fraction of sp³-hybridized carbons (Fsp3) is 0.0556. The van der Waals surface area contributed by atoms with Gasteiger partial charge in [-0.1, -0.05) is 42.5 Å². The molecule has 0 atom stereocenters. The zero-order valence-electron chi connectivity index (χ0n) is 11.2. The molecule has 2 heterocycles. The molecule has 0 aliphatic rings. The van der Waals surface area contributed by atoms with Crippen LogP contribution in [0, 0.1) is 6.92 Å². The van der Waals surface area contributed by atoms with E-state index in [1.165, 1.54) is 27.3 Å². The molecule has 0 saturated heterocycles. The molecule has 0 saturated carbocycles. The van der Waals surface area contributed by atoms with Gasteiger partial charge in [0.1, 0.15) is 5.65 Å². The Balaban J connectivity index is 2.06. The Morgan fingerprint density at radius 2 is 1.65 bits per heavy atom. The van der Waals surface area contributed by atoms with Crippen LogP contribution in [-0.2, 0) is 0 Å². The van der Waals surface area contributed by atoms with Crippen LogP contribution in [0.4, 0.5) is 0 Å². The molecule has 0 radical (unpaired) electrons. The minimum atomic E-state index is 0.952. The first kappa shape index (κ1) is 11.2. The molecule has 0 spiro atoms. The molecule has 4 aromatic rings. The Morgan fingerprint density at radius 3 is 2.60 bits per heavy atom. The first-order valence-electron chi connectivity index (χ1n) is 6.76. The molecule has 0 fully saturated rings. The lowest BCUT2D eigenvalue weighted by Gasteiger charge is -2.05. The number of nitrogens with one attached hydrogen (secondary N) is 1. The van der Waals surface area contributed by atoms with Crippen LogP contribution in [-0.4, -0.2) is 9.97 Å². The second-order valence-corrected chi connectivity index (χ2v) is 5.08. The molecule has 1 N–H and O–H groups in total. The van der Waals surface area contributed by atoms with Crippen LogP contribution in [0.5, 0.6) is 0 Å². The van der Waals surface area contributed by atoms with Crippen molar-refractivity contribution in [2.75, 3.05) is 0 Å². The van der Waals surface area contributed by atoms with Crippen molar-refractivity contribution in [3.8, 4) is 11.1 Å². The first-order valence-corrected chi connectivity index (χ1v) is 6.76. The van der Waals surface area contributed by atoms with E-state index >= 15 is 0 Å². The number of benzene rings is 2. The maximum absolute atomic E-state index is 4.55. The largest absolute Gasteiger partial charge is 0.346 e. The van der Waals surface area contributed by atoms with E-state index in [9.17, 15) is 0 Å². The Morgan fingerprint density at radius 1 is 0.800 bits per heavy atom. The Hall–Kier alpha value is -2.61. The average Bonchev–Trinajstić information content (AvgIpc) is 2.89. The highest BCUT2D eigenvalue weighted by Crippen LogP contribution is 2.33. The molecule has 0 aliphatic heterocycles. The van der Waals surface area contributed by atoms with Crippen molar-refractivity contribution in [3.63, 3.8) is 0 Å². The summed E-state index contributed by atoms with van der Waals surface area (Å²) < 4.78 is 0. The van der Waals surface area contributed by atoms with Crippen molar-refractivity contribution < 1.29 is 0 Å². The number of aromatic nitrogens is 2. The Kier molecular flexibility index (Phi) is 2.36. The van der Waals surface area contributed by atoms with Crippen molar-refractivity contribution in [3.05, 3.63) is 66.5 Å². The molecule has 96 valence electrons. The van der Waals surface area contributed by atoms with Gasteiger partial charge >= 0.3 is 0 Å². The molecule has 2 aromatic heterocycles. The molecule has 2 heteroatoms. The summed E-state index contributed by atoms with van der Waals surface area (Å²) in [6.07, 6.45) is 2.05. The van der Waals surface area contributed by atoms with Crippen molar-refractivity contribution in [1.82, 2.24) is 9.97 Å². The highest BCUT2D eigenvalue weighted by molar-refractivity contribution is 6.04.